The van der Waals surface area contributed by atoms with E-state index in [9.17, 15) is 9.90 Å². The summed E-state index contributed by atoms with van der Waals surface area (Å²) in [7, 11) is 0. The summed E-state index contributed by atoms with van der Waals surface area (Å²) >= 11 is 0. The summed E-state index contributed by atoms with van der Waals surface area (Å²) < 4.78 is 5.49. The second-order valence-corrected chi connectivity index (χ2v) is 5.61. The van der Waals surface area contributed by atoms with Gasteiger partial charge in [0, 0.05) is 25.3 Å². The van der Waals surface area contributed by atoms with E-state index in [1.54, 1.807) is 4.90 Å². The molecule has 1 aliphatic rings. The molecular formula is C14H23N3O3. The number of aliphatic hydroxyl groups is 1. The van der Waals surface area contributed by atoms with Crippen molar-refractivity contribution >= 4 is 5.91 Å². The summed E-state index contributed by atoms with van der Waals surface area (Å²) in [5.74, 6) is 1.39. The van der Waals surface area contributed by atoms with E-state index in [1.807, 2.05) is 13.8 Å². The molecule has 6 heteroatoms. The molecule has 2 rings (SSSR count). The molecule has 0 bridgehead atoms. The average molecular weight is 281 g/mol. The van der Waals surface area contributed by atoms with Gasteiger partial charge in [0.2, 0.25) is 17.7 Å². The highest BCUT2D eigenvalue weighted by atomic mass is 16.4. The third-order valence-corrected chi connectivity index (χ3v) is 3.69. The zero-order chi connectivity index (χ0) is 14.5. The van der Waals surface area contributed by atoms with Crippen LogP contribution in [-0.4, -0.2) is 45.3 Å². The monoisotopic (exact) mass is 281 g/mol. The highest BCUT2D eigenvalue weighted by molar-refractivity contribution is 5.76. The number of piperidine rings is 1. The van der Waals surface area contributed by atoms with Crippen LogP contribution in [0.2, 0.25) is 0 Å². The van der Waals surface area contributed by atoms with Crippen LogP contribution in [0, 0.1) is 0 Å². The summed E-state index contributed by atoms with van der Waals surface area (Å²) in [6, 6.07) is -0.0230. The second kappa shape index (κ2) is 6.83. The van der Waals surface area contributed by atoms with E-state index < -0.39 is 0 Å². The molecule has 0 spiro atoms. The molecule has 0 radical (unpaired) electrons. The van der Waals surface area contributed by atoms with E-state index in [1.165, 1.54) is 0 Å². The van der Waals surface area contributed by atoms with Crippen molar-refractivity contribution in [1.29, 1.82) is 0 Å². The van der Waals surface area contributed by atoms with Gasteiger partial charge in [-0.15, -0.1) is 10.2 Å². The van der Waals surface area contributed by atoms with Crippen LogP contribution in [0.5, 0.6) is 0 Å². The second-order valence-electron chi connectivity index (χ2n) is 5.61. The minimum Gasteiger partial charge on any atom is -0.425 e. The third-order valence-electron chi connectivity index (χ3n) is 3.69. The smallest absolute Gasteiger partial charge is 0.223 e. The summed E-state index contributed by atoms with van der Waals surface area (Å²) in [6.07, 6.45) is 3.81. The fourth-order valence-electron chi connectivity index (χ4n) is 2.48. The SMILES string of the molecule is CC(C)c1nnc(CCC(=O)N2CCCCC2CO)o1. The van der Waals surface area contributed by atoms with Crippen molar-refractivity contribution in [2.24, 2.45) is 0 Å². The molecular weight excluding hydrogens is 258 g/mol. The van der Waals surface area contributed by atoms with Gasteiger partial charge in [-0.3, -0.25) is 4.79 Å². The zero-order valence-electron chi connectivity index (χ0n) is 12.2. The molecule has 0 aromatic carbocycles. The predicted molar refractivity (Wildman–Crippen MR) is 73.1 cm³/mol. The Morgan fingerprint density at radius 2 is 2.25 bits per heavy atom. The van der Waals surface area contributed by atoms with Crippen LogP contribution in [-0.2, 0) is 11.2 Å². The first-order valence-corrected chi connectivity index (χ1v) is 7.34. The molecule has 112 valence electrons. The Kier molecular flexibility index (Phi) is 5.11. The van der Waals surface area contributed by atoms with Gasteiger partial charge in [-0.05, 0) is 19.3 Å². The van der Waals surface area contributed by atoms with E-state index in [4.69, 9.17) is 4.42 Å². The number of amides is 1. The van der Waals surface area contributed by atoms with Crippen molar-refractivity contribution in [2.45, 2.75) is 57.9 Å². The number of aryl methyl sites for hydroxylation is 1. The van der Waals surface area contributed by atoms with Gasteiger partial charge >= 0.3 is 0 Å². The van der Waals surface area contributed by atoms with E-state index in [0.717, 1.165) is 25.8 Å². The molecule has 20 heavy (non-hydrogen) atoms. The molecule has 1 saturated heterocycles. The first kappa shape index (κ1) is 15.0. The number of aromatic nitrogens is 2. The van der Waals surface area contributed by atoms with Crippen LogP contribution < -0.4 is 0 Å². The van der Waals surface area contributed by atoms with Crippen molar-refractivity contribution < 1.29 is 14.3 Å². The average Bonchev–Trinajstić information content (AvgIpc) is 2.94. The van der Waals surface area contributed by atoms with Gasteiger partial charge in [0.1, 0.15) is 0 Å². The number of hydrogen-bond donors (Lipinski definition) is 1. The Morgan fingerprint density at radius 1 is 1.45 bits per heavy atom. The Labute approximate surface area is 119 Å². The van der Waals surface area contributed by atoms with Crippen LogP contribution >= 0.6 is 0 Å². The molecule has 1 N–H and O–H groups in total. The molecule has 1 atom stereocenters. The minimum atomic E-state index is -0.0230. The first-order chi connectivity index (χ1) is 9.61. The number of hydrogen-bond acceptors (Lipinski definition) is 5. The van der Waals surface area contributed by atoms with E-state index in [0.29, 0.717) is 24.6 Å². The molecule has 0 aliphatic carbocycles. The fourth-order valence-corrected chi connectivity index (χ4v) is 2.48. The molecule has 6 nitrogen and oxygen atoms in total. The Hall–Kier alpha value is -1.43. The van der Waals surface area contributed by atoms with Gasteiger partial charge in [0.15, 0.2) is 0 Å². The van der Waals surface area contributed by atoms with Crippen molar-refractivity contribution in [3.05, 3.63) is 11.8 Å². The Bertz CT molecular complexity index is 445. The number of carbonyl (C=O) groups excluding carboxylic acids is 1. The van der Waals surface area contributed by atoms with Gasteiger partial charge in [0.05, 0.1) is 12.6 Å². The number of likely N-dealkylation sites (tertiary alicyclic amines) is 1. The number of rotatable bonds is 5. The molecule has 1 aromatic rings. The fraction of sp³-hybridized carbons (Fsp3) is 0.786. The van der Waals surface area contributed by atoms with E-state index in [-0.39, 0.29) is 24.5 Å². The van der Waals surface area contributed by atoms with Gasteiger partial charge < -0.3 is 14.4 Å². The van der Waals surface area contributed by atoms with Crippen LogP contribution in [0.25, 0.3) is 0 Å². The standard InChI is InChI=1S/C14H23N3O3/c1-10(2)14-16-15-12(20-14)6-7-13(19)17-8-4-3-5-11(17)9-18/h10-11,18H,3-9H2,1-2H3. The summed E-state index contributed by atoms with van der Waals surface area (Å²) in [5.41, 5.74) is 0. The molecule has 1 aromatic heterocycles. The van der Waals surface area contributed by atoms with Crippen molar-refractivity contribution in [2.75, 3.05) is 13.2 Å². The quantitative estimate of drug-likeness (QED) is 0.884. The van der Waals surface area contributed by atoms with Crippen molar-refractivity contribution in [1.82, 2.24) is 15.1 Å². The van der Waals surface area contributed by atoms with Gasteiger partial charge in [-0.25, -0.2) is 0 Å². The van der Waals surface area contributed by atoms with Crippen LogP contribution in [0.1, 0.15) is 57.2 Å². The molecule has 1 fully saturated rings. The van der Waals surface area contributed by atoms with E-state index in [2.05, 4.69) is 10.2 Å². The molecule has 1 aliphatic heterocycles. The topological polar surface area (TPSA) is 79.5 Å². The van der Waals surface area contributed by atoms with Crippen LogP contribution in [0.3, 0.4) is 0 Å². The summed E-state index contributed by atoms with van der Waals surface area (Å²) in [6.45, 7) is 4.76. The maximum absolute atomic E-state index is 12.2. The lowest BCUT2D eigenvalue weighted by Gasteiger charge is -2.34. The summed E-state index contributed by atoms with van der Waals surface area (Å²) in [4.78, 5) is 14.0. The first-order valence-electron chi connectivity index (χ1n) is 7.34. The Balaban J connectivity index is 1.87. The predicted octanol–water partition coefficient (Wildman–Crippen LogP) is 1.50. The van der Waals surface area contributed by atoms with Crippen LogP contribution in [0.15, 0.2) is 4.42 Å². The van der Waals surface area contributed by atoms with Crippen molar-refractivity contribution in [3.63, 3.8) is 0 Å². The molecule has 1 amide bonds. The molecule has 1 unspecified atom stereocenters. The molecule has 2 heterocycles. The van der Waals surface area contributed by atoms with Crippen molar-refractivity contribution in [3.8, 4) is 0 Å². The number of carbonyl (C=O) groups is 1. The van der Waals surface area contributed by atoms with Gasteiger partial charge in [0.25, 0.3) is 0 Å². The lowest BCUT2D eigenvalue weighted by molar-refractivity contribution is -0.136. The highest BCUT2D eigenvalue weighted by Crippen LogP contribution is 2.18. The maximum Gasteiger partial charge on any atom is 0.223 e. The van der Waals surface area contributed by atoms with Gasteiger partial charge in [-0.2, -0.15) is 0 Å². The normalized spacial score (nSPS) is 19.6. The summed E-state index contributed by atoms with van der Waals surface area (Å²) in [5, 5.41) is 17.2. The lowest BCUT2D eigenvalue weighted by Crippen LogP contribution is -2.45. The highest BCUT2D eigenvalue weighted by Gasteiger charge is 2.26. The maximum atomic E-state index is 12.2. The Morgan fingerprint density at radius 3 is 2.90 bits per heavy atom. The molecule has 0 saturated carbocycles. The van der Waals surface area contributed by atoms with Crippen LogP contribution in [0.4, 0.5) is 0 Å². The minimum absolute atomic E-state index is 0.0230. The number of aliphatic hydroxyl groups excluding tert-OH is 1. The zero-order valence-corrected chi connectivity index (χ0v) is 12.2. The lowest BCUT2D eigenvalue weighted by atomic mass is 10.0. The van der Waals surface area contributed by atoms with Gasteiger partial charge in [-0.1, -0.05) is 13.8 Å². The largest absolute Gasteiger partial charge is 0.425 e. The third kappa shape index (κ3) is 3.56. The van der Waals surface area contributed by atoms with E-state index >= 15 is 0 Å². The number of nitrogens with zero attached hydrogens (tertiary/aromatic N) is 3.